The minimum Gasteiger partial charge on any atom is -0.507 e. The Kier molecular flexibility index (Phi) is 5.70. The van der Waals surface area contributed by atoms with Crippen molar-refractivity contribution in [3.8, 4) is 28.4 Å². The summed E-state index contributed by atoms with van der Waals surface area (Å²) in [7, 11) is 1.41. The number of fused-ring (bicyclic) bond motifs is 2. The number of hydrogen-bond donors (Lipinski definition) is 2. The Morgan fingerprint density at radius 1 is 1.24 bits per heavy atom. The molecule has 1 aromatic carbocycles. The average molecular weight is 510 g/mol. The molecule has 2 aromatic heterocycles. The van der Waals surface area contributed by atoms with Gasteiger partial charge in [0.2, 0.25) is 0 Å². The van der Waals surface area contributed by atoms with Gasteiger partial charge in [-0.3, -0.25) is 4.57 Å². The van der Waals surface area contributed by atoms with Crippen molar-refractivity contribution in [2.75, 3.05) is 4.90 Å². The number of nitrogens with one attached hydrogen (secondary N) is 1. The van der Waals surface area contributed by atoms with Crippen LogP contribution >= 0.6 is 0 Å². The van der Waals surface area contributed by atoms with E-state index in [4.69, 9.17) is 0 Å². The molecule has 0 amide bonds. The largest absolute Gasteiger partial charge is 0.507 e. The number of aromatic nitrogens is 5. The van der Waals surface area contributed by atoms with Gasteiger partial charge in [-0.1, -0.05) is 6.07 Å². The minimum absolute atomic E-state index is 0.152. The number of aryl methyl sites for hydroxylation is 1. The fraction of sp³-hybridized carbons (Fsp3) is 0.500. The summed E-state index contributed by atoms with van der Waals surface area (Å²) < 4.78 is 31.2. The van der Waals surface area contributed by atoms with Crippen molar-refractivity contribution in [1.29, 1.82) is 0 Å². The molecule has 0 unspecified atom stereocenters. The highest BCUT2D eigenvalue weighted by atomic mass is 19.1. The second kappa shape index (κ2) is 8.83. The molecule has 6 rings (SSSR count). The molecule has 37 heavy (non-hydrogen) atoms. The lowest BCUT2D eigenvalue weighted by molar-refractivity contribution is 0.0385. The van der Waals surface area contributed by atoms with Crippen LogP contribution in [0.4, 0.5) is 14.6 Å². The van der Waals surface area contributed by atoms with Crippen LogP contribution in [0, 0.1) is 5.82 Å². The third kappa shape index (κ3) is 4.24. The summed E-state index contributed by atoms with van der Waals surface area (Å²) in [6.45, 7) is 1.98. The smallest absolute Gasteiger partial charge is 0.348 e. The van der Waals surface area contributed by atoms with Crippen LogP contribution in [0.15, 0.2) is 35.4 Å². The maximum absolute atomic E-state index is 15.8. The molecule has 0 radical (unpaired) electrons. The van der Waals surface area contributed by atoms with Crippen molar-refractivity contribution in [3.05, 3.63) is 46.9 Å². The molecule has 3 fully saturated rings. The number of phenolic OH excluding ortho intramolecular Hbond substituents is 1. The van der Waals surface area contributed by atoms with Crippen molar-refractivity contribution >= 4 is 5.82 Å². The molecular formula is C26H29F2N7O2. The van der Waals surface area contributed by atoms with Crippen LogP contribution < -0.4 is 15.9 Å². The summed E-state index contributed by atoms with van der Waals surface area (Å²) in [5.74, 6) is -0.161. The highest BCUT2D eigenvalue weighted by Crippen LogP contribution is 2.43. The van der Waals surface area contributed by atoms with Crippen molar-refractivity contribution in [2.24, 2.45) is 7.05 Å². The number of anilines is 1. The van der Waals surface area contributed by atoms with E-state index in [0.717, 1.165) is 42.9 Å². The maximum Gasteiger partial charge on any atom is 0.348 e. The van der Waals surface area contributed by atoms with Gasteiger partial charge in [0.05, 0.1) is 17.8 Å². The van der Waals surface area contributed by atoms with Crippen molar-refractivity contribution < 1.29 is 13.9 Å². The van der Waals surface area contributed by atoms with Crippen molar-refractivity contribution in [1.82, 2.24) is 30.0 Å². The minimum atomic E-state index is -1.04. The molecule has 194 valence electrons. The summed E-state index contributed by atoms with van der Waals surface area (Å²) in [4.78, 5) is 22.1. The van der Waals surface area contributed by atoms with Gasteiger partial charge in [-0.25, -0.2) is 18.6 Å². The summed E-state index contributed by atoms with van der Waals surface area (Å²) in [6.07, 6.45) is 7.17. The lowest BCUT2D eigenvalue weighted by Gasteiger charge is -2.52. The molecule has 2 N–H and O–H groups in total. The number of hydrogen-bond acceptors (Lipinski definition) is 8. The quantitative estimate of drug-likeness (QED) is 0.540. The van der Waals surface area contributed by atoms with E-state index in [-0.39, 0.29) is 41.0 Å². The lowest BCUT2D eigenvalue weighted by atomic mass is 9.73. The molecular weight excluding hydrogens is 480 g/mol. The molecule has 4 heterocycles. The van der Waals surface area contributed by atoms with E-state index >= 15 is 4.39 Å². The van der Waals surface area contributed by atoms with Crippen molar-refractivity contribution in [2.45, 2.75) is 75.3 Å². The molecule has 4 atom stereocenters. The molecule has 0 spiro atoms. The normalized spacial score (nSPS) is 27.2. The molecule has 2 bridgehead atoms. The number of phenols is 1. The number of halogens is 2. The van der Waals surface area contributed by atoms with Gasteiger partial charge in [-0.15, -0.1) is 10.2 Å². The van der Waals surface area contributed by atoms with Crippen LogP contribution in [-0.4, -0.2) is 59.7 Å². The van der Waals surface area contributed by atoms with E-state index < -0.39 is 23.2 Å². The van der Waals surface area contributed by atoms with Gasteiger partial charge in [0.1, 0.15) is 17.6 Å². The van der Waals surface area contributed by atoms with Gasteiger partial charge in [0.25, 0.3) is 0 Å². The second-order valence-electron chi connectivity index (χ2n) is 10.7. The highest BCUT2D eigenvalue weighted by molar-refractivity contribution is 5.71. The van der Waals surface area contributed by atoms with Crippen LogP contribution in [0.5, 0.6) is 5.75 Å². The van der Waals surface area contributed by atoms with E-state index in [2.05, 4.69) is 30.4 Å². The maximum atomic E-state index is 15.8. The Morgan fingerprint density at radius 3 is 2.76 bits per heavy atom. The highest BCUT2D eigenvalue weighted by Gasteiger charge is 2.52. The van der Waals surface area contributed by atoms with E-state index in [9.17, 15) is 14.3 Å². The fourth-order valence-electron chi connectivity index (χ4n) is 5.89. The first kappa shape index (κ1) is 23.9. The fourth-order valence-corrected chi connectivity index (χ4v) is 5.89. The number of aromatic hydroxyl groups is 1. The zero-order valence-electron chi connectivity index (χ0n) is 20.7. The van der Waals surface area contributed by atoms with Gasteiger partial charge in [0, 0.05) is 36.4 Å². The summed E-state index contributed by atoms with van der Waals surface area (Å²) in [5, 5.41) is 22.8. The number of benzene rings is 1. The average Bonchev–Trinajstić information content (AvgIpc) is 3.70. The predicted octanol–water partition coefficient (Wildman–Crippen LogP) is 3.12. The molecule has 3 aliphatic rings. The van der Waals surface area contributed by atoms with Crippen LogP contribution in [-0.2, 0) is 7.05 Å². The van der Waals surface area contributed by atoms with Crippen LogP contribution in [0.1, 0.15) is 45.4 Å². The monoisotopic (exact) mass is 509 g/mol. The SMILES string of the molecule is Cn1cc(F)c(-c2ccc(-c3ncc(N(C4CC4)[C@H]4C[C@@H]5CCC[C@@](C)(N5)[C@H]4F)nn3)c(O)c2)nc1=O. The Balaban J connectivity index is 1.28. The van der Waals surface area contributed by atoms with E-state index in [1.807, 2.05) is 6.92 Å². The number of alkyl halides is 1. The summed E-state index contributed by atoms with van der Waals surface area (Å²) in [6, 6.07) is 4.61. The van der Waals surface area contributed by atoms with Crippen LogP contribution in [0.2, 0.25) is 0 Å². The summed E-state index contributed by atoms with van der Waals surface area (Å²) in [5.41, 5.74) is -0.743. The topological polar surface area (TPSA) is 109 Å². The molecule has 11 heteroatoms. The lowest BCUT2D eigenvalue weighted by Crippen LogP contribution is -2.69. The standard InChI is InChI=1S/C26H29F2N7O2/c1-26-9-3-4-15(31-26)11-19(23(26)28)35(16-6-7-16)21-12-29-24(33-32-21)17-8-5-14(10-20(17)36)22-18(27)13-34(2)25(37)30-22/h5,8,10,12-13,15-16,19,23,31,36H,3-4,6-7,9,11H2,1-2H3/t15-,19-,23-,26+/m0/s1. The van der Waals surface area contributed by atoms with Gasteiger partial charge in [0.15, 0.2) is 17.5 Å². The van der Waals surface area contributed by atoms with E-state index in [1.165, 1.54) is 25.2 Å². The molecule has 3 aromatic rings. The van der Waals surface area contributed by atoms with E-state index in [1.54, 1.807) is 6.20 Å². The molecule has 1 aliphatic carbocycles. The predicted molar refractivity (Wildman–Crippen MR) is 133 cm³/mol. The van der Waals surface area contributed by atoms with Gasteiger partial charge in [-0.05, 0) is 57.6 Å². The Hall–Kier alpha value is -3.47. The zero-order valence-corrected chi connectivity index (χ0v) is 20.7. The number of rotatable bonds is 5. The van der Waals surface area contributed by atoms with E-state index in [0.29, 0.717) is 17.8 Å². The second-order valence-corrected chi connectivity index (χ2v) is 10.7. The first-order chi connectivity index (χ1) is 17.7. The number of piperidine rings is 2. The Morgan fingerprint density at radius 2 is 2.05 bits per heavy atom. The third-order valence-corrected chi connectivity index (χ3v) is 7.92. The molecule has 9 nitrogen and oxygen atoms in total. The first-order valence-corrected chi connectivity index (χ1v) is 12.7. The van der Waals surface area contributed by atoms with Crippen LogP contribution in [0.3, 0.4) is 0 Å². The third-order valence-electron chi connectivity index (χ3n) is 7.92. The van der Waals surface area contributed by atoms with Crippen LogP contribution in [0.25, 0.3) is 22.6 Å². The van der Waals surface area contributed by atoms with Gasteiger partial charge >= 0.3 is 5.69 Å². The van der Waals surface area contributed by atoms with Gasteiger partial charge < -0.3 is 15.3 Å². The molecule has 1 saturated carbocycles. The first-order valence-electron chi connectivity index (χ1n) is 12.7. The Bertz CT molecular complexity index is 1390. The molecule has 2 aliphatic heterocycles. The van der Waals surface area contributed by atoms with Crippen molar-refractivity contribution in [3.63, 3.8) is 0 Å². The molecule has 2 saturated heterocycles. The Labute approximate surface area is 212 Å². The zero-order chi connectivity index (χ0) is 25.9. The van der Waals surface area contributed by atoms with Gasteiger partial charge in [-0.2, -0.15) is 4.98 Å². The summed E-state index contributed by atoms with van der Waals surface area (Å²) >= 11 is 0. The number of nitrogens with zero attached hydrogens (tertiary/aromatic N) is 6.